The smallest absolute Gasteiger partial charge is 0.0843 e. The van der Waals surface area contributed by atoms with Gasteiger partial charge in [-0.2, -0.15) is 0 Å². The van der Waals surface area contributed by atoms with Crippen LogP contribution in [0.5, 0.6) is 0 Å². The summed E-state index contributed by atoms with van der Waals surface area (Å²) in [6.45, 7) is 6.95. The second kappa shape index (κ2) is 7.22. The van der Waals surface area contributed by atoms with Gasteiger partial charge in [-0.1, -0.05) is 23.7 Å². The van der Waals surface area contributed by atoms with Gasteiger partial charge in [-0.05, 0) is 38.3 Å². The zero-order valence-corrected chi connectivity index (χ0v) is 14.6. The van der Waals surface area contributed by atoms with Crippen molar-refractivity contribution < 1.29 is 9.84 Å². The van der Waals surface area contributed by atoms with Crippen LogP contribution in [-0.2, 0) is 11.3 Å². The van der Waals surface area contributed by atoms with Crippen molar-refractivity contribution in [2.45, 2.75) is 45.4 Å². The van der Waals surface area contributed by atoms with E-state index in [0.717, 1.165) is 47.6 Å². The molecule has 0 unspecified atom stereocenters. The summed E-state index contributed by atoms with van der Waals surface area (Å²) in [5.74, 6) is 0. The molecule has 0 spiro atoms. The lowest BCUT2D eigenvalue weighted by Crippen LogP contribution is -2.35. The summed E-state index contributed by atoms with van der Waals surface area (Å²) in [5.41, 5.74) is 3.40. The Hall–Kier alpha value is -1.07. The molecule has 0 bridgehead atoms. The van der Waals surface area contributed by atoms with E-state index in [4.69, 9.17) is 16.3 Å². The number of aromatic nitrogens is 1. The van der Waals surface area contributed by atoms with E-state index in [1.807, 2.05) is 12.1 Å². The molecule has 1 saturated heterocycles. The Morgan fingerprint density at radius 1 is 1.43 bits per heavy atom. The van der Waals surface area contributed by atoms with Gasteiger partial charge in [0, 0.05) is 30.8 Å². The topological polar surface area (TPSA) is 46.4 Å². The SMILES string of the molecule is Cc1c(C)n(C[C@@H](O)CNC[C@@H]2CCCO2)c2c(Cl)cccc12. The van der Waals surface area contributed by atoms with Crippen molar-refractivity contribution in [2.24, 2.45) is 0 Å². The lowest BCUT2D eigenvalue weighted by molar-refractivity contribution is 0.101. The summed E-state index contributed by atoms with van der Waals surface area (Å²) in [5, 5.41) is 15.6. The molecule has 2 aromatic rings. The van der Waals surface area contributed by atoms with E-state index >= 15 is 0 Å². The monoisotopic (exact) mass is 336 g/mol. The lowest BCUT2D eigenvalue weighted by Gasteiger charge is -2.17. The summed E-state index contributed by atoms with van der Waals surface area (Å²) in [6, 6.07) is 5.96. The normalized spacial score (nSPS) is 19.6. The van der Waals surface area contributed by atoms with E-state index in [-0.39, 0.29) is 0 Å². The van der Waals surface area contributed by atoms with Gasteiger partial charge in [-0.15, -0.1) is 0 Å². The maximum Gasteiger partial charge on any atom is 0.0843 e. The molecule has 0 saturated carbocycles. The van der Waals surface area contributed by atoms with E-state index in [0.29, 0.717) is 19.2 Å². The van der Waals surface area contributed by atoms with E-state index in [9.17, 15) is 5.11 Å². The molecular weight excluding hydrogens is 312 g/mol. The van der Waals surface area contributed by atoms with Crippen molar-refractivity contribution in [3.05, 3.63) is 34.5 Å². The van der Waals surface area contributed by atoms with Crippen LogP contribution in [0.2, 0.25) is 5.02 Å². The number of ether oxygens (including phenoxy) is 1. The predicted molar refractivity (Wildman–Crippen MR) is 94.3 cm³/mol. The lowest BCUT2D eigenvalue weighted by atomic mass is 10.2. The number of hydrogen-bond donors (Lipinski definition) is 2. The summed E-state index contributed by atoms with van der Waals surface area (Å²) >= 11 is 6.39. The third kappa shape index (κ3) is 3.56. The van der Waals surface area contributed by atoms with Gasteiger partial charge in [0.1, 0.15) is 0 Å². The van der Waals surface area contributed by atoms with Crippen LogP contribution in [0.25, 0.3) is 10.9 Å². The first-order valence-electron chi connectivity index (χ1n) is 8.32. The van der Waals surface area contributed by atoms with E-state index < -0.39 is 6.10 Å². The van der Waals surface area contributed by atoms with Crippen molar-refractivity contribution in [1.82, 2.24) is 9.88 Å². The van der Waals surface area contributed by atoms with Gasteiger partial charge >= 0.3 is 0 Å². The molecule has 0 aliphatic carbocycles. The fraction of sp³-hybridized carbons (Fsp3) is 0.556. The molecular formula is C18H25ClN2O2. The van der Waals surface area contributed by atoms with Gasteiger partial charge in [0.2, 0.25) is 0 Å². The Bertz CT molecular complexity index is 677. The average Bonchev–Trinajstić information content (AvgIpc) is 3.12. The maximum atomic E-state index is 10.4. The summed E-state index contributed by atoms with van der Waals surface area (Å²) < 4.78 is 7.71. The average molecular weight is 337 g/mol. The number of hydrogen-bond acceptors (Lipinski definition) is 3. The standard InChI is InChI=1S/C18H25ClN2O2/c1-12-13(2)21(18-16(12)6-3-7-17(18)19)11-14(22)9-20-10-15-5-4-8-23-15/h3,6-7,14-15,20,22H,4-5,8-11H2,1-2H3/t14-,15-/m0/s1. The number of halogens is 1. The number of para-hydroxylation sites is 1. The Kier molecular flexibility index (Phi) is 5.27. The highest BCUT2D eigenvalue weighted by Crippen LogP contribution is 2.30. The third-order valence-corrected chi connectivity index (χ3v) is 5.08. The fourth-order valence-electron chi connectivity index (χ4n) is 3.38. The highest BCUT2D eigenvalue weighted by Gasteiger charge is 2.18. The molecule has 2 heterocycles. The van der Waals surface area contributed by atoms with Gasteiger partial charge in [0.15, 0.2) is 0 Å². The van der Waals surface area contributed by atoms with Crippen LogP contribution < -0.4 is 5.32 Å². The predicted octanol–water partition coefficient (Wildman–Crippen LogP) is 3.04. The summed E-state index contributed by atoms with van der Waals surface area (Å²) in [4.78, 5) is 0. The molecule has 1 aliphatic rings. The number of nitrogens with one attached hydrogen (secondary N) is 1. The first-order chi connectivity index (χ1) is 11.1. The largest absolute Gasteiger partial charge is 0.390 e. The first-order valence-corrected chi connectivity index (χ1v) is 8.70. The summed E-state index contributed by atoms with van der Waals surface area (Å²) in [7, 11) is 0. The van der Waals surface area contributed by atoms with E-state index in [2.05, 4.69) is 29.8 Å². The first kappa shape index (κ1) is 16.8. The molecule has 23 heavy (non-hydrogen) atoms. The van der Waals surface area contributed by atoms with Gasteiger partial charge in [-0.3, -0.25) is 0 Å². The molecule has 4 nitrogen and oxygen atoms in total. The Labute approximate surface area is 142 Å². The molecule has 1 aliphatic heterocycles. The van der Waals surface area contributed by atoms with Crippen LogP contribution in [0.3, 0.4) is 0 Å². The zero-order valence-electron chi connectivity index (χ0n) is 13.8. The minimum absolute atomic E-state index is 0.299. The Morgan fingerprint density at radius 2 is 2.26 bits per heavy atom. The minimum Gasteiger partial charge on any atom is -0.390 e. The summed E-state index contributed by atoms with van der Waals surface area (Å²) in [6.07, 6.45) is 2.09. The van der Waals surface area contributed by atoms with Crippen LogP contribution in [0, 0.1) is 13.8 Å². The zero-order chi connectivity index (χ0) is 16.4. The van der Waals surface area contributed by atoms with Crippen LogP contribution in [0.15, 0.2) is 18.2 Å². The van der Waals surface area contributed by atoms with Crippen LogP contribution in [0.4, 0.5) is 0 Å². The number of fused-ring (bicyclic) bond motifs is 1. The van der Waals surface area contributed by atoms with Crippen molar-refractivity contribution in [2.75, 3.05) is 19.7 Å². The highest BCUT2D eigenvalue weighted by atomic mass is 35.5. The van der Waals surface area contributed by atoms with E-state index in [1.165, 1.54) is 5.56 Å². The maximum absolute atomic E-state index is 10.4. The van der Waals surface area contributed by atoms with Gasteiger partial charge in [-0.25, -0.2) is 0 Å². The Morgan fingerprint density at radius 3 is 3.00 bits per heavy atom. The third-order valence-electron chi connectivity index (χ3n) is 4.78. The number of benzene rings is 1. The Balaban J connectivity index is 1.67. The molecule has 2 atom stereocenters. The molecule has 1 fully saturated rings. The fourth-order valence-corrected chi connectivity index (χ4v) is 3.65. The molecule has 5 heteroatoms. The molecule has 1 aromatic heterocycles. The number of nitrogens with zero attached hydrogens (tertiary/aromatic N) is 1. The quantitative estimate of drug-likeness (QED) is 0.852. The van der Waals surface area contributed by atoms with Gasteiger partial charge < -0.3 is 19.7 Å². The number of aryl methyl sites for hydroxylation is 1. The molecule has 0 amide bonds. The van der Waals surface area contributed by atoms with Gasteiger partial charge in [0.05, 0.1) is 29.3 Å². The van der Waals surface area contributed by atoms with Crippen LogP contribution in [0.1, 0.15) is 24.1 Å². The van der Waals surface area contributed by atoms with Crippen molar-refractivity contribution >= 4 is 22.5 Å². The van der Waals surface area contributed by atoms with Crippen LogP contribution in [-0.4, -0.2) is 41.6 Å². The molecule has 0 radical (unpaired) electrons. The molecule has 3 rings (SSSR count). The number of aliphatic hydroxyl groups is 1. The van der Waals surface area contributed by atoms with E-state index in [1.54, 1.807) is 0 Å². The molecule has 126 valence electrons. The molecule has 2 N–H and O–H groups in total. The van der Waals surface area contributed by atoms with Crippen molar-refractivity contribution in [3.8, 4) is 0 Å². The highest BCUT2D eigenvalue weighted by molar-refractivity contribution is 6.35. The number of aliphatic hydroxyl groups excluding tert-OH is 1. The number of rotatable bonds is 6. The second-order valence-corrected chi connectivity index (χ2v) is 6.81. The van der Waals surface area contributed by atoms with Crippen molar-refractivity contribution in [3.63, 3.8) is 0 Å². The second-order valence-electron chi connectivity index (χ2n) is 6.40. The van der Waals surface area contributed by atoms with Crippen LogP contribution >= 0.6 is 11.6 Å². The van der Waals surface area contributed by atoms with Gasteiger partial charge in [0.25, 0.3) is 0 Å². The minimum atomic E-state index is -0.457. The molecule has 1 aromatic carbocycles. The van der Waals surface area contributed by atoms with Crippen molar-refractivity contribution in [1.29, 1.82) is 0 Å².